The Morgan fingerprint density at radius 1 is 0.957 bits per heavy atom. The van der Waals surface area contributed by atoms with Crippen molar-refractivity contribution in [2.75, 3.05) is 49.3 Å². The number of carbonyl (C=O) groups excluding carboxylic acids is 1. The number of piperazine rings is 1. The number of anilines is 2. The van der Waals surface area contributed by atoms with Crippen LogP contribution in [0.15, 0.2) is 54.7 Å². The molecule has 0 bridgehead atoms. The number of alkyl halides is 6. The predicted octanol–water partition coefficient (Wildman–Crippen LogP) is 5.48. The highest BCUT2D eigenvalue weighted by atomic mass is 32.2. The molecule has 1 fully saturated rings. The van der Waals surface area contributed by atoms with Crippen LogP contribution in [0.4, 0.5) is 37.8 Å². The van der Waals surface area contributed by atoms with E-state index in [0.29, 0.717) is 29.1 Å². The third-order valence-corrected chi connectivity index (χ3v) is 9.54. The Hall–Kier alpha value is -3.69. The van der Waals surface area contributed by atoms with Gasteiger partial charge in [-0.05, 0) is 61.7 Å². The molecule has 1 aliphatic heterocycles. The fourth-order valence-corrected chi connectivity index (χ4v) is 6.66. The van der Waals surface area contributed by atoms with Crippen LogP contribution in [0.2, 0.25) is 0 Å². The number of likely N-dealkylation sites (N-methyl/N-ethyl adjacent to an activating group) is 1. The number of nitrogens with zero attached hydrogens (tertiary/aromatic N) is 4. The number of aliphatic hydroxyl groups excluding tert-OH is 1. The fraction of sp³-hybridized carbons (Fsp3) is 0.419. The zero-order valence-electron chi connectivity index (χ0n) is 25.7. The molecule has 1 amide bonds. The third-order valence-electron chi connectivity index (χ3n) is 8.20. The van der Waals surface area contributed by atoms with Crippen molar-refractivity contribution >= 4 is 27.4 Å². The topological polar surface area (TPSA) is 94.1 Å². The Kier molecular flexibility index (Phi) is 9.55. The van der Waals surface area contributed by atoms with Crippen molar-refractivity contribution in [1.29, 1.82) is 0 Å². The molecular formula is C31H34F6N4O4S. The Morgan fingerprint density at radius 3 is 2.04 bits per heavy atom. The minimum atomic E-state index is -5.08. The summed E-state index contributed by atoms with van der Waals surface area (Å²) < 4.78 is 107. The van der Waals surface area contributed by atoms with Gasteiger partial charge in [-0.15, -0.1) is 0 Å². The maximum absolute atomic E-state index is 14.0. The van der Waals surface area contributed by atoms with Crippen LogP contribution in [0.1, 0.15) is 36.1 Å². The number of aryl methyl sites for hydroxylation is 1. The van der Waals surface area contributed by atoms with Crippen molar-refractivity contribution in [1.82, 2.24) is 9.29 Å². The molecule has 1 unspecified atom stereocenters. The molecule has 4 rings (SSSR count). The average Bonchev–Trinajstić information content (AvgIpc) is 2.98. The number of pyridine rings is 1. The Labute approximate surface area is 263 Å². The SMILES string of the molecule is Cc1ccccc1-c1cc(N2CCN(S(C)(=O)=O)C(CO)C2)ncc1N(C)C(=O)C(C)(C)c1cc(C(F)(F)F)cc(C(F)(F)F)c1. The quantitative estimate of drug-likeness (QED) is 0.335. The third kappa shape index (κ3) is 7.15. The summed E-state index contributed by atoms with van der Waals surface area (Å²) >= 11 is 0. The van der Waals surface area contributed by atoms with Gasteiger partial charge in [-0.2, -0.15) is 30.6 Å². The Balaban J connectivity index is 1.79. The lowest BCUT2D eigenvalue weighted by Gasteiger charge is -2.40. The number of benzene rings is 2. The highest BCUT2D eigenvalue weighted by molar-refractivity contribution is 7.88. The van der Waals surface area contributed by atoms with Crippen molar-refractivity contribution in [3.8, 4) is 11.1 Å². The van der Waals surface area contributed by atoms with E-state index in [1.54, 1.807) is 29.2 Å². The maximum Gasteiger partial charge on any atom is 0.416 e. The molecule has 0 spiro atoms. The number of carbonyl (C=O) groups is 1. The molecule has 3 aromatic rings. The van der Waals surface area contributed by atoms with Crippen LogP contribution in [0.5, 0.6) is 0 Å². The van der Waals surface area contributed by atoms with Crippen LogP contribution in [0.25, 0.3) is 11.1 Å². The summed E-state index contributed by atoms with van der Waals surface area (Å²) in [6, 6.07) is 9.28. The van der Waals surface area contributed by atoms with E-state index in [2.05, 4.69) is 4.98 Å². The van der Waals surface area contributed by atoms with E-state index in [4.69, 9.17) is 0 Å². The summed E-state index contributed by atoms with van der Waals surface area (Å²) in [6.45, 7) is 4.39. The molecule has 0 aliphatic carbocycles. The number of aliphatic hydroxyl groups is 1. The molecule has 1 aliphatic rings. The van der Waals surface area contributed by atoms with Gasteiger partial charge < -0.3 is 14.9 Å². The van der Waals surface area contributed by atoms with Crippen molar-refractivity contribution in [3.63, 3.8) is 0 Å². The van der Waals surface area contributed by atoms with Crippen LogP contribution in [-0.4, -0.2) is 74.3 Å². The molecule has 250 valence electrons. The fourth-order valence-electron chi connectivity index (χ4n) is 5.57. The second kappa shape index (κ2) is 12.5. The van der Waals surface area contributed by atoms with Gasteiger partial charge in [0.15, 0.2) is 0 Å². The van der Waals surface area contributed by atoms with E-state index in [-0.39, 0.29) is 31.4 Å². The Bertz CT molecular complexity index is 1690. The minimum absolute atomic E-state index is 0.0176. The van der Waals surface area contributed by atoms with Crippen LogP contribution in [0, 0.1) is 6.92 Å². The molecular weight excluding hydrogens is 638 g/mol. The summed E-state index contributed by atoms with van der Waals surface area (Å²) in [5, 5.41) is 9.91. The summed E-state index contributed by atoms with van der Waals surface area (Å²) in [5.74, 6) is -0.368. The molecule has 0 radical (unpaired) electrons. The average molecular weight is 673 g/mol. The van der Waals surface area contributed by atoms with Gasteiger partial charge >= 0.3 is 12.4 Å². The summed E-state index contributed by atoms with van der Waals surface area (Å²) in [5.41, 5.74) is -3.11. The van der Waals surface area contributed by atoms with Crippen molar-refractivity contribution in [2.45, 2.75) is 44.6 Å². The molecule has 2 aromatic carbocycles. The highest BCUT2D eigenvalue weighted by Gasteiger charge is 2.41. The van der Waals surface area contributed by atoms with Gasteiger partial charge in [0.05, 0.1) is 47.3 Å². The van der Waals surface area contributed by atoms with Gasteiger partial charge in [0.1, 0.15) is 5.82 Å². The lowest BCUT2D eigenvalue weighted by Crippen LogP contribution is -2.56. The predicted molar refractivity (Wildman–Crippen MR) is 162 cm³/mol. The zero-order chi connectivity index (χ0) is 34.4. The second-order valence-corrected chi connectivity index (χ2v) is 13.7. The molecule has 0 saturated carbocycles. The van der Waals surface area contributed by atoms with Crippen LogP contribution in [0.3, 0.4) is 0 Å². The number of sulfonamides is 1. The van der Waals surface area contributed by atoms with E-state index in [1.165, 1.54) is 31.4 Å². The molecule has 46 heavy (non-hydrogen) atoms. The standard InChI is InChI=1S/C31H34F6N4O4S/c1-19-8-6-7-9-24(19)25-15-27(40-10-11-41(46(5,44)45)23(17-40)18-42)38-16-26(25)39(4)28(43)29(2,3)20-12-21(30(32,33)34)14-22(13-20)31(35,36)37/h6-9,12-16,23,42H,10-11,17-18H2,1-5H3. The molecule has 1 aromatic heterocycles. The van der Waals surface area contributed by atoms with Crippen molar-refractivity contribution in [3.05, 3.63) is 77.0 Å². The zero-order valence-corrected chi connectivity index (χ0v) is 26.6. The van der Waals surface area contributed by atoms with Gasteiger partial charge in [-0.3, -0.25) is 4.79 Å². The summed E-state index contributed by atoms with van der Waals surface area (Å²) in [6.07, 6.45) is -7.72. The van der Waals surface area contributed by atoms with Crippen LogP contribution < -0.4 is 9.80 Å². The number of rotatable bonds is 7. The summed E-state index contributed by atoms with van der Waals surface area (Å²) in [7, 11) is -2.21. The molecule has 1 atom stereocenters. The smallest absolute Gasteiger partial charge is 0.395 e. The van der Waals surface area contributed by atoms with Crippen molar-refractivity contribution < 1.29 is 44.7 Å². The van der Waals surface area contributed by atoms with E-state index in [0.717, 1.165) is 16.7 Å². The lowest BCUT2D eigenvalue weighted by molar-refractivity contribution is -0.143. The largest absolute Gasteiger partial charge is 0.416 e. The Morgan fingerprint density at radius 2 is 1.52 bits per heavy atom. The molecule has 15 heteroatoms. The van der Waals surface area contributed by atoms with Gasteiger partial charge in [0.25, 0.3) is 0 Å². The number of halogens is 6. The lowest BCUT2D eigenvalue weighted by atomic mass is 9.81. The molecule has 2 heterocycles. The van der Waals surface area contributed by atoms with E-state index in [9.17, 15) is 44.7 Å². The summed E-state index contributed by atoms with van der Waals surface area (Å²) in [4.78, 5) is 21.4. The van der Waals surface area contributed by atoms with Crippen molar-refractivity contribution in [2.24, 2.45) is 0 Å². The van der Waals surface area contributed by atoms with Gasteiger partial charge in [0, 0.05) is 32.2 Å². The number of hydrogen-bond donors (Lipinski definition) is 1. The second-order valence-electron chi connectivity index (χ2n) is 11.8. The minimum Gasteiger partial charge on any atom is -0.395 e. The monoisotopic (exact) mass is 672 g/mol. The van der Waals surface area contributed by atoms with Crippen LogP contribution in [-0.2, 0) is 32.6 Å². The van der Waals surface area contributed by atoms with E-state index >= 15 is 0 Å². The highest BCUT2D eigenvalue weighted by Crippen LogP contribution is 2.41. The molecule has 1 N–H and O–H groups in total. The first kappa shape index (κ1) is 35.2. The van der Waals surface area contributed by atoms with Gasteiger partial charge in [-0.1, -0.05) is 24.3 Å². The molecule has 1 saturated heterocycles. The van der Waals surface area contributed by atoms with Gasteiger partial charge in [-0.25, -0.2) is 13.4 Å². The number of aromatic nitrogens is 1. The number of hydrogen-bond acceptors (Lipinski definition) is 6. The number of amides is 1. The van der Waals surface area contributed by atoms with Crippen LogP contribution >= 0.6 is 0 Å². The first-order valence-electron chi connectivity index (χ1n) is 14.1. The first-order chi connectivity index (χ1) is 21.2. The van der Waals surface area contributed by atoms with E-state index in [1.807, 2.05) is 13.0 Å². The van der Waals surface area contributed by atoms with E-state index < -0.39 is 63.0 Å². The molecule has 8 nitrogen and oxygen atoms in total. The normalized spacial score (nSPS) is 16.9. The maximum atomic E-state index is 14.0. The first-order valence-corrected chi connectivity index (χ1v) is 16.0. The van der Waals surface area contributed by atoms with Gasteiger partial charge in [0.2, 0.25) is 15.9 Å².